The molecule has 4 heterocycles. The number of hydrogen-bond acceptors (Lipinski definition) is 4. The van der Waals surface area contributed by atoms with E-state index in [1.54, 1.807) is 10.5 Å². The molecule has 2 saturated heterocycles. The Labute approximate surface area is 153 Å². The molecule has 138 valence electrons. The van der Waals surface area contributed by atoms with Crippen molar-refractivity contribution in [2.75, 3.05) is 19.6 Å². The minimum atomic E-state index is -0.0693. The Morgan fingerprint density at radius 1 is 1.15 bits per heavy atom. The van der Waals surface area contributed by atoms with Crippen molar-refractivity contribution in [3.63, 3.8) is 0 Å². The maximum absolute atomic E-state index is 12.9. The second kappa shape index (κ2) is 7.19. The van der Waals surface area contributed by atoms with E-state index >= 15 is 0 Å². The second-order valence-corrected chi connectivity index (χ2v) is 7.53. The summed E-state index contributed by atoms with van der Waals surface area (Å²) in [4.78, 5) is 34.2. The molecule has 1 atom stereocenters. The fraction of sp³-hybridized carbons (Fsp3) is 0.550. The van der Waals surface area contributed by atoms with E-state index in [1.165, 1.54) is 0 Å². The summed E-state index contributed by atoms with van der Waals surface area (Å²) < 4.78 is 1.59. The minimum Gasteiger partial charge on any atom is -0.341 e. The third-order valence-electron chi connectivity index (χ3n) is 5.54. The van der Waals surface area contributed by atoms with E-state index in [-0.39, 0.29) is 17.5 Å². The number of rotatable bonds is 3. The van der Waals surface area contributed by atoms with E-state index in [2.05, 4.69) is 9.88 Å². The molecule has 2 aromatic heterocycles. The average molecular weight is 354 g/mol. The Kier molecular flexibility index (Phi) is 4.76. The van der Waals surface area contributed by atoms with Crippen molar-refractivity contribution >= 4 is 11.6 Å². The lowest BCUT2D eigenvalue weighted by Gasteiger charge is -2.36. The maximum Gasteiger partial charge on any atom is 0.258 e. The molecule has 0 N–H and O–H groups in total. The van der Waals surface area contributed by atoms with Crippen molar-refractivity contribution in [1.82, 2.24) is 19.2 Å². The number of likely N-dealkylation sites (tertiary alicyclic amines) is 2. The number of nitrogens with zero attached hydrogens (tertiary/aromatic N) is 4. The third-order valence-corrected chi connectivity index (χ3v) is 5.54. The summed E-state index contributed by atoms with van der Waals surface area (Å²) in [7, 11) is 0. The number of carbonyl (C=O) groups excluding carboxylic acids is 1. The number of pyridine rings is 1. The highest BCUT2D eigenvalue weighted by molar-refractivity contribution is 5.82. The van der Waals surface area contributed by atoms with Gasteiger partial charge in [-0.15, -0.1) is 0 Å². The van der Waals surface area contributed by atoms with Crippen molar-refractivity contribution in [2.45, 2.75) is 51.6 Å². The molecule has 0 aliphatic carbocycles. The summed E-state index contributed by atoms with van der Waals surface area (Å²) >= 11 is 0. The van der Waals surface area contributed by atoms with Crippen molar-refractivity contribution in [2.24, 2.45) is 0 Å². The lowest BCUT2D eigenvalue weighted by atomic mass is 10.0. The van der Waals surface area contributed by atoms with Gasteiger partial charge in [-0.1, -0.05) is 12.5 Å². The molecule has 6 heteroatoms. The number of carbonyl (C=O) groups is 1. The number of aryl methyl sites for hydroxylation is 1. The first kappa shape index (κ1) is 17.2. The average Bonchev–Trinajstić information content (AvgIpc) is 3.17. The van der Waals surface area contributed by atoms with Gasteiger partial charge >= 0.3 is 0 Å². The first-order valence-electron chi connectivity index (χ1n) is 9.63. The quantitative estimate of drug-likeness (QED) is 0.846. The molecular weight excluding hydrogens is 328 g/mol. The lowest BCUT2D eigenvalue weighted by Crippen LogP contribution is -2.50. The first-order chi connectivity index (χ1) is 12.6. The van der Waals surface area contributed by atoms with Crippen molar-refractivity contribution in [1.29, 1.82) is 0 Å². The van der Waals surface area contributed by atoms with Gasteiger partial charge < -0.3 is 4.90 Å². The van der Waals surface area contributed by atoms with Crippen LogP contribution in [0.4, 0.5) is 0 Å². The molecule has 2 aliphatic rings. The summed E-state index contributed by atoms with van der Waals surface area (Å²) in [5, 5.41) is 0. The Bertz CT molecular complexity index is 870. The van der Waals surface area contributed by atoms with E-state index in [9.17, 15) is 9.59 Å². The molecule has 1 amide bonds. The normalized spacial score (nSPS) is 21.4. The first-order valence-corrected chi connectivity index (χ1v) is 9.63. The zero-order chi connectivity index (χ0) is 18.1. The molecule has 2 aliphatic heterocycles. The molecule has 0 saturated carbocycles. The smallest absolute Gasteiger partial charge is 0.258 e. The monoisotopic (exact) mass is 354 g/mol. The van der Waals surface area contributed by atoms with E-state index in [1.807, 2.05) is 30.2 Å². The van der Waals surface area contributed by atoms with Gasteiger partial charge in [0.1, 0.15) is 5.65 Å². The summed E-state index contributed by atoms with van der Waals surface area (Å²) in [5.74, 6) is 0.260. The van der Waals surface area contributed by atoms with Gasteiger partial charge in [-0.2, -0.15) is 0 Å². The Morgan fingerprint density at radius 3 is 2.73 bits per heavy atom. The fourth-order valence-corrected chi connectivity index (χ4v) is 4.16. The number of amides is 1. The summed E-state index contributed by atoms with van der Waals surface area (Å²) in [6.07, 6.45) is 7.13. The number of aromatic nitrogens is 2. The van der Waals surface area contributed by atoms with Crippen LogP contribution in [0.5, 0.6) is 0 Å². The van der Waals surface area contributed by atoms with Crippen molar-refractivity contribution in [3.8, 4) is 0 Å². The van der Waals surface area contributed by atoms with Crippen LogP contribution in [0.3, 0.4) is 0 Å². The highest BCUT2D eigenvalue weighted by Crippen LogP contribution is 2.22. The van der Waals surface area contributed by atoms with Crippen LogP contribution in [0, 0.1) is 6.92 Å². The van der Waals surface area contributed by atoms with Gasteiger partial charge in [0, 0.05) is 31.9 Å². The minimum absolute atomic E-state index is 0.0619. The molecule has 0 bridgehead atoms. The molecule has 6 nitrogen and oxygen atoms in total. The number of piperidine rings is 1. The zero-order valence-corrected chi connectivity index (χ0v) is 15.4. The van der Waals surface area contributed by atoms with Gasteiger partial charge in [-0.05, 0) is 50.8 Å². The molecule has 0 spiro atoms. The van der Waals surface area contributed by atoms with Crippen LogP contribution in [0.15, 0.2) is 29.2 Å². The summed E-state index contributed by atoms with van der Waals surface area (Å²) in [6.45, 7) is 5.18. The van der Waals surface area contributed by atoms with Crippen LogP contribution in [0.2, 0.25) is 0 Å². The van der Waals surface area contributed by atoms with Gasteiger partial charge in [-0.3, -0.25) is 18.9 Å². The molecule has 2 fully saturated rings. The molecule has 26 heavy (non-hydrogen) atoms. The molecule has 0 radical (unpaired) electrons. The van der Waals surface area contributed by atoms with Crippen LogP contribution in [-0.2, 0) is 11.3 Å². The van der Waals surface area contributed by atoms with E-state index < -0.39 is 0 Å². The van der Waals surface area contributed by atoms with Gasteiger partial charge in [0.25, 0.3) is 5.56 Å². The molecule has 4 rings (SSSR count). The predicted molar refractivity (Wildman–Crippen MR) is 100 cm³/mol. The van der Waals surface area contributed by atoms with Gasteiger partial charge in [0.2, 0.25) is 5.91 Å². The summed E-state index contributed by atoms with van der Waals surface area (Å²) in [5.41, 5.74) is 2.38. The van der Waals surface area contributed by atoms with Gasteiger partial charge in [0.05, 0.1) is 11.7 Å². The van der Waals surface area contributed by atoms with Crippen molar-refractivity contribution in [3.05, 3.63) is 46.0 Å². The van der Waals surface area contributed by atoms with Crippen LogP contribution < -0.4 is 5.56 Å². The lowest BCUT2D eigenvalue weighted by molar-refractivity contribution is -0.137. The highest BCUT2D eigenvalue weighted by Gasteiger charge is 2.33. The predicted octanol–water partition coefficient (Wildman–Crippen LogP) is 1.98. The highest BCUT2D eigenvalue weighted by atomic mass is 16.2. The number of fused-ring (bicyclic) bond motifs is 1. The van der Waals surface area contributed by atoms with E-state index in [4.69, 9.17) is 0 Å². The molecule has 2 aromatic rings. The second-order valence-electron chi connectivity index (χ2n) is 7.53. The van der Waals surface area contributed by atoms with Crippen LogP contribution in [0.1, 0.15) is 43.4 Å². The maximum atomic E-state index is 12.9. The van der Waals surface area contributed by atoms with E-state index in [0.717, 1.165) is 63.0 Å². The van der Waals surface area contributed by atoms with Gasteiger partial charge in [-0.25, -0.2) is 4.98 Å². The number of hydrogen-bond donors (Lipinski definition) is 0. The molecular formula is C20H26N4O2. The Morgan fingerprint density at radius 2 is 1.92 bits per heavy atom. The zero-order valence-electron chi connectivity index (χ0n) is 15.4. The fourth-order valence-electron chi connectivity index (χ4n) is 4.16. The standard InChI is InChI=1S/C20H26N4O2/c1-15-7-8-18-21-16(12-19(25)24(18)13-15)14-23-11-3-2-6-17(23)20(26)22-9-4-5-10-22/h7-8,12-13,17H,2-6,9-11,14H2,1H3. The Balaban J connectivity index is 1.58. The van der Waals surface area contributed by atoms with E-state index in [0.29, 0.717) is 12.2 Å². The van der Waals surface area contributed by atoms with Crippen LogP contribution >= 0.6 is 0 Å². The van der Waals surface area contributed by atoms with Crippen molar-refractivity contribution < 1.29 is 4.79 Å². The van der Waals surface area contributed by atoms with Gasteiger partial charge in [0.15, 0.2) is 0 Å². The molecule has 1 unspecified atom stereocenters. The SMILES string of the molecule is Cc1ccc2nc(CN3CCCCC3C(=O)N3CCCC3)cc(=O)n2c1. The third kappa shape index (κ3) is 3.38. The Hall–Kier alpha value is -2.21. The topological polar surface area (TPSA) is 57.9 Å². The largest absolute Gasteiger partial charge is 0.341 e. The molecule has 0 aromatic carbocycles. The van der Waals surface area contributed by atoms with Crippen LogP contribution in [-0.4, -0.2) is 50.8 Å². The summed E-state index contributed by atoms with van der Waals surface area (Å²) in [6, 6.07) is 5.38. The van der Waals surface area contributed by atoms with Crippen LogP contribution in [0.25, 0.3) is 5.65 Å².